The molecule has 0 aromatic carbocycles. The number of rotatable bonds is 5. The van der Waals surface area contributed by atoms with Gasteiger partial charge in [0.05, 0.1) is 17.9 Å². The molecule has 1 N–H and O–H groups in total. The van der Waals surface area contributed by atoms with Crippen LogP contribution in [-0.4, -0.2) is 47.7 Å². The minimum Gasteiger partial charge on any atom is -0.481 e. The molecule has 0 saturated carbocycles. The first-order valence-corrected chi connectivity index (χ1v) is 7.70. The molecule has 5 heteroatoms. The first-order valence-electron chi connectivity index (χ1n) is 7.70. The zero-order chi connectivity index (χ0) is 14.6. The second kappa shape index (κ2) is 6.57. The van der Waals surface area contributed by atoms with Gasteiger partial charge in [0.25, 0.3) is 0 Å². The number of carboxylic acids is 1. The quantitative estimate of drug-likeness (QED) is 0.838. The molecule has 2 fully saturated rings. The van der Waals surface area contributed by atoms with Gasteiger partial charge in [-0.1, -0.05) is 13.3 Å². The van der Waals surface area contributed by atoms with Crippen LogP contribution in [0.2, 0.25) is 0 Å². The molecule has 2 saturated heterocycles. The molecule has 2 atom stereocenters. The Hall–Kier alpha value is -1.10. The molecule has 0 radical (unpaired) electrons. The van der Waals surface area contributed by atoms with Crippen LogP contribution in [0.15, 0.2) is 0 Å². The number of ether oxygens (including phenoxy) is 1. The van der Waals surface area contributed by atoms with Crippen molar-refractivity contribution >= 4 is 11.9 Å². The van der Waals surface area contributed by atoms with E-state index in [-0.39, 0.29) is 12.0 Å². The molecule has 114 valence electrons. The maximum Gasteiger partial charge on any atom is 0.311 e. The summed E-state index contributed by atoms with van der Waals surface area (Å²) in [5.74, 6) is -0.702. The lowest BCUT2D eigenvalue weighted by atomic mass is 9.76. The maximum absolute atomic E-state index is 12.3. The highest BCUT2D eigenvalue weighted by Crippen LogP contribution is 2.35. The normalized spacial score (nSPS) is 30.4. The predicted molar refractivity (Wildman–Crippen MR) is 74.4 cm³/mol. The Morgan fingerprint density at radius 3 is 2.80 bits per heavy atom. The Kier molecular flexibility index (Phi) is 5.02. The first-order chi connectivity index (χ1) is 9.57. The molecule has 2 aliphatic heterocycles. The summed E-state index contributed by atoms with van der Waals surface area (Å²) in [7, 11) is 0. The lowest BCUT2D eigenvalue weighted by Gasteiger charge is -2.40. The number of carbonyl (C=O) groups is 2. The summed E-state index contributed by atoms with van der Waals surface area (Å²) in [6.45, 7) is 3.79. The molecule has 0 spiro atoms. The summed E-state index contributed by atoms with van der Waals surface area (Å²) in [6.07, 6.45) is 5.35. The number of carbonyl (C=O) groups excluding carboxylic acids is 1. The van der Waals surface area contributed by atoms with Gasteiger partial charge in [0.1, 0.15) is 0 Å². The fraction of sp³-hybridized carbons (Fsp3) is 0.867. The summed E-state index contributed by atoms with van der Waals surface area (Å²) >= 11 is 0. The van der Waals surface area contributed by atoms with Gasteiger partial charge in [-0.25, -0.2) is 0 Å². The average molecular weight is 283 g/mol. The molecule has 0 bridgehead atoms. The number of hydrogen-bond donors (Lipinski definition) is 1. The van der Waals surface area contributed by atoms with Crippen LogP contribution in [0, 0.1) is 5.41 Å². The molecule has 1 amide bonds. The monoisotopic (exact) mass is 283 g/mol. The van der Waals surface area contributed by atoms with Gasteiger partial charge >= 0.3 is 5.97 Å². The van der Waals surface area contributed by atoms with Crippen molar-refractivity contribution in [2.45, 2.75) is 58.0 Å². The van der Waals surface area contributed by atoms with Crippen LogP contribution in [-0.2, 0) is 14.3 Å². The Morgan fingerprint density at radius 2 is 2.20 bits per heavy atom. The molecule has 2 rings (SSSR count). The number of amides is 1. The number of piperidine rings is 1. The molecule has 0 aromatic heterocycles. The number of nitrogens with zero attached hydrogens (tertiary/aromatic N) is 1. The van der Waals surface area contributed by atoms with E-state index in [1.807, 2.05) is 6.92 Å². The van der Waals surface area contributed by atoms with Crippen LogP contribution in [0.1, 0.15) is 51.9 Å². The second-order valence-corrected chi connectivity index (χ2v) is 6.09. The lowest BCUT2D eigenvalue weighted by Crippen LogP contribution is -2.50. The van der Waals surface area contributed by atoms with Crippen LogP contribution < -0.4 is 0 Å². The summed E-state index contributed by atoms with van der Waals surface area (Å²) in [5, 5.41) is 9.54. The number of hydrogen-bond acceptors (Lipinski definition) is 3. The van der Waals surface area contributed by atoms with Crippen molar-refractivity contribution in [3.8, 4) is 0 Å². The molecule has 5 nitrogen and oxygen atoms in total. The molecule has 2 unspecified atom stereocenters. The Labute approximate surface area is 120 Å². The largest absolute Gasteiger partial charge is 0.481 e. The van der Waals surface area contributed by atoms with Crippen molar-refractivity contribution in [3.05, 3.63) is 0 Å². The van der Waals surface area contributed by atoms with Crippen LogP contribution in [0.25, 0.3) is 0 Å². The van der Waals surface area contributed by atoms with Crippen molar-refractivity contribution in [2.24, 2.45) is 5.41 Å². The summed E-state index contributed by atoms with van der Waals surface area (Å²) < 4.78 is 5.50. The van der Waals surface area contributed by atoms with Gasteiger partial charge in [0.2, 0.25) is 5.91 Å². The summed E-state index contributed by atoms with van der Waals surface area (Å²) in [5.41, 5.74) is -0.737. The molecule has 20 heavy (non-hydrogen) atoms. The predicted octanol–water partition coefficient (Wildman–Crippen LogP) is 2.05. The minimum atomic E-state index is -0.756. The molecular formula is C15H25NO4. The van der Waals surface area contributed by atoms with E-state index in [2.05, 4.69) is 0 Å². The van der Waals surface area contributed by atoms with Crippen molar-refractivity contribution < 1.29 is 19.4 Å². The van der Waals surface area contributed by atoms with E-state index < -0.39 is 11.4 Å². The SMILES string of the molecule is CCCC1(C(=O)O)CCCN(C(=O)CC2CCCO2)C1. The number of likely N-dealkylation sites (tertiary alicyclic amines) is 1. The maximum atomic E-state index is 12.3. The second-order valence-electron chi connectivity index (χ2n) is 6.09. The third-order valence-electron chi connectivity index (χ3n) is 4.54. The van der Waals surface area contributed by atoms with E-state index in [4.69, 9.17) is 4.74 Å². The standard InChI is InChI=1S/C15H25NO4/c1-2-6-15(14(18)19)7-4-8-16(11-15)13(17)10-12-5-3-9-20-12/h12H,2-11H2,1H3,(H,18,19). The smallest absolute Gasteiger partial charge is 0.311 e. The van der Waals surface area contributed by atoms with E-state index in [1.54, 1.807) is 4.90 Å². The van der Waals surface area contributed by atoms with Gasteiger partial charge in [-0.2, -0.15) is 0 Å². The zero-order valence-electron chi connectivity index (χ0n) is 12.3. The van der Waals surface area contributed by atoms with E-state index in [0.29, 0.717) is 32.4 Å². The Morgan fingerprint density at radius 1 is 1.40 bits per heavy atom. The third-order valence-corrected chi connectivity index (χ3v) is 4.54. The molecule has 2 heterocycles. The van der Waals surface area contributed by atoms with Gasteiger partial charge in [0, 0.05) is 19.7 Å². The number of aliphatic carboxylic acids is 1. The van der Waals surface area contributed by atoms with Gasteiger partial charge < -0.3 is 14.7 Å². The van der Waals surface area contributed by atoms with Crippen molar-refractivity contribution in [2.75, 3.05) is 19.7 Å². The summed E-state index contributed by atoms with van der Waals surface area (Å²) in [4.78, 5) is 25.7. The number of carboxylic acid groups (broad SMARTS) is 1. The molecule has 0 aliphatic carbocycles. The highest BCUT2D eigenvalue weighted by atomic mass is 16.5. The van der Waals surface area contributed by atoms with Crippen molar-refractivity contribution in [1.29, 1.82) is 0 Å². The van der Waals surface area contributed by atoms with Crippen LogP contribution in [0.3, 0.4) is 0 Å². The zero-order valence-corrected chi connectivity index (χ0v) is 12.3. The van der Waals surface area contributed by atoms with E-state index in [0.717, 1.165) is 32.3 Å². The van der Waals surface area contributed by atoms with Gasteiger partial charge in [-0.05, 0) is 32.1 Å². The third kappa shape index (κ3) is 3.32. The fourth-order valence-corrected chi connectivity index (χ4v) is 3.44. The van der Waals surface area contributed by atoms with Crippen molar-refractivity contribution in [1.82, 2.24) is 4.90 Å². The fourth-order valence-electron chi connectivity index (χ4n) is 3.44. The molecular weight excluding hydrogens is 258 g/mol. The highest BCUT2D eigenvalue weighted by molar-refractivity contribution is 5.80. The lowest BCUT2D eigenvalue weighted by molar-refractivity contribution is -0.156. The van der Waals surface area contributed by atoms with Gasteiger partial charge in [-0.15, -0.1) is 0 Å². The molecule has 2 aliphatic rings. The first kappa shape index (κ1) is 15.3. The van der Waals surface area contributed by atoms with Crippen LogP contribution in [0.5, 0.6) is 0 Å². The van der Waals surface area contributed by atoms with Crippen LogP contribution in [0.4, 0.5) is 0 Å². The van der Waals surface area contributed by atoms with Gasteiger partial charge in [-0.3, -0.25) is 9.59 Å². The van der Waals surface area contributed by atoms with Gasteiger partial charge in [0.15, 0.2) is 0 Å². The topological polar surface area (TPSA) is 66.8 Å². The van der Waals surface area contributed by atoms with Crippen LogP contribution >= 0.6 is 0 Å². The minimum absolute atomic E-state index is 0.0369. The molecule has 0 aromatic rings. The summed E-state index contributed by atoms with van der Waals surface area (Å²) in [6, 6.07) is 0. The van der Waals surface area contributed by atoms with E-state index >= 15 is 0 Å². The average Bonchev–Trinajstić information content (AvgIpc) is 2.92. The highest BCUT2D eigenvalue weighted by Gasteiger charge is 2.43. The Bertz CT molecular complexity index is 361. The van der Waals surface area contributed by atoms with Crippen molar-refractivity contribution in [3.63, 3.8) is 0 Å². The van der Waals surface area contributed by atoms with E-state index in [1.165, 1.54) is 0 Å². The Balaban J connectivity index is 1.97. The van der Waals surface area contributed by atoms with E-state index in [9.17, 15) is 14.7 Å².